The highest BCUT2D eigenvalue weighted by atomic mass is 19.4. The third kappa shape index (κ3) is 3.41. The molecule has 1 aromatic carbocycles. The number of aromatic nitrogens is 2. The number of carbonyl (C=O) groups is 1. The maximum atomic E-state index is 13.2. The van der Waals surface area contributed by atoms with Gasteiger partial charge in [-0.1, -0.05) is 6.07 Å². The number of likely N-dealkylation sites (tertiary alicyclic amines) is 1. The molecule has 2 aliphatic rings. The summed E-state index contributed by atoms with van der Waals surface area (Å²) in [5, 5.41) is 4.30. The molecule has 1 aliphatic heterocycles. The zero-order valence-electron chi connectivity index (χ0n) is 15.6. The molecule has 0 radical (unpaired) electrons. The van der Waals surface area contributed by atoms with E-state index in [9.17, 15) is 18.0 Å². The van der Waals surface area contributed by atoms with E-state index in [-0.39, 0.29) is 23.8 Å². The lowest BCUT2D eigenvalue weighted by Gasteiger charge is -2.22. The van der Waals surface area contributed by atoms with Crippen molar-refractivity contribution in [1.82, 2.24) is 14.7 Å². The molecule has 1 saturated heterocycles. The molecule has 0 bridgehead atoms. The molecule has 28 heavy (non-hydrogen) atoms. The summed E-state index contributed by atoms with van der Waals surface area (Å²) >= 11 is 0. The normalized spacial score (nSPS) is 22.7. The summed E-state index contributed by atoms with van der Waals surface area (Å²) < 4.78 is 40.8. The molecule has 2 atom stereocenters. The summed E-state index contributed by atoms with van der Waals surface area (Å²) in [7, 11) is 0. The summed E-state index contributed by atoms with van der Waals surface area (Å²) in [6.07, 6.45) is -0.247. The second-order valence-electron chi connectivity index (χ2n) is 7.82. The highest BCUT2D eigenvalue weighted by Gasteiger charge is 2.38. The quantitative estimate of drug-likeness (QED) is 0.865. The summed E-state index contributed by atoms with van der Waals surface area (Å²) in [6.45, 7) is 3.14. The molecule has 2 fully saturated rings. The third-order valence-corrected chi connectivity index (χ3v) is 5.67. The number of nitrogens with zero attached hydrogens (tertiary/aromatic N) is 3. The van der Waals surface area contributed by atoms with Crippen LogP contribution < -0.4 is 5.73 Å². The Bertz CT molecular complexity index is 888. The van der Waals surface area contributed by atoms with Crippen LogP contribution in [0.3, 0.4) is 0 Å². The topological polar surface area (TPSA) is 64.2 Å². The van der Waals surface area contributed by atoms with Gasteiger partial charge in [0.05, 0.1) is 28.7 Å². The summed E-state index contributed by atoms with van der Waals surface area (Å²) in [6, 6.07) is 5.16. The van der Waals surface area contributed by atoms with E-state index in [1.54, 1.807) is 6.07 Å². The Morgan fingerprint density at radius 3 is 2.68 bits per heavy atom. The Labute approximate surface area is 161 Å². The number of hydrogen-bond donors (Lipinski definition) is 1. The number of carbonyl (C=O) groups excluding carboxylic acids is 1. The molecule has 0 spiro atoms. The number of rotatable bonds is 4. The fraction of sp³-hybridized carbons (Fsp3) is 0.500. The van der Waals surface area contributed by atoms with Crippen molar-refractivity contribution in [1.29, 1.82) is 0 Å². The van der Waals surface area contributed by atoms with Gasteiger partial charge in [-0.05, 0) is 56.8 Å². The average molecular weight is 392 g/mol. The minimum Gasteiger partial charge on any atom is -0.335 e. The summed E-state index contributed by atoms with van der Waals surface area (Å²) in [5.74, 6) is 0.324. The number of nitrogens with two attached hydrogens (primary N) is 1. The standard InChI is InChI=1S/C20H23F3N4O/c1-12-7-13(9-24)11-26(12)19(28)17-10-25-27(18(17)14-5-6-14)16-4-2-3-15(8-16)20(21,22)23/h2-4,8,10,12-14H,5-7,9,11,24H2,1H3. The molecule has 1 amide bonds. The number of benzene rings is 1. The lowest BCUT2D eigenvalue weighted by molar-refractivity contribution is -0.137. The Balaban J connectivity index is 1.71. The fourth-order valence-electron chi connectivity index (χ4n) is 4.04. The van der Waals surface area contributed by atoms with Crippen molar-refractivity contribution in [2.75, 3.05) is 13.1 Å². The van der Waals surface area contributed by atoms with E-state index in [2.05, 4.69) is 5.10 Å². The maximum Gasteiger partial charge on any atom is 0.416 e. The molecule has 150 valence electrons. The van der Waals surface area contributed by atoms with Gasteiger partial charge in [0.1, 0.15) is 0 Å². The molecule has 2 aromatic rings. The highest BCUT2D eigenvalue weighted by Crippen LogP contribution is 2.43. The van der Waals surface area contributed by atoms with Gasteiger partial charge in [0.15, 0.2) is 0 Å². The molecule has 1 aromatic heterocycles. The van der Waals surface area contributed by atoms with Crippen LogP contribution in [-0.4, -0.2) is 39.7 Å². The zero-order chi connectivity index (χ0) is 20.1. The van der Waals surface area contributed by atoms with Crippen molar-refractivity contribution in [2.24, 2.45) is 11.7 Å². The molecular formula is C20H23F3N4O. The Hall–Kier alpha value is -2.35. The van der Waals surface area contributed by atoms with Crippen LogP contribution in [0.4, 0.5) is 13.2 Å². The number of alkyl halides is 3. The fourth-order valence-corrected chi connectivity index (χ4v) is 4.04. The first-order valence-corrected chi connectivity index (χ1v) is 9.56. The van der Waals surface area contributed by atoms with Crippen molar-refractivity contribution in [3.63, 3.8) is 0 Å². The van der Waals surface area contributed by atoms with E-state index >= 15 is 0 Å². The van der Waals surface area contributed by atoms with Gasteiger partial charge in [0, 0.05) is 18.5 Å². The number of hydrogen-bond acceptors (Lipinski definition) is 3. The lowest BCUT2D eigenvalue weighted by Crippen LogP contribution is -2.34. The van der Waals surface area contributed by atoms with E-state index in [0.29, 0.717) is 30.0 Å². The van der Waals surface area contributed by atoms with Crippen LogP contribution >= 0.6 is 0 Å². The van der Waals surface area contributed by atoms with Crippen molar-refractivity contribution < 1.29 is 18.0 Å². The number of halogens is 3. The molecule has 5 nitrogen and oxygen atoms in total. The Kier molecular flexibility index (Phi) is 4.69. The van der Waals surface area contributed by atoms with Crippen LogP contribution in [0.25, 0.3) is 5.69 Å². The molecule has 1 saturated carbocycles. The molecule has 4 rings (SSSR count). The minimum absolute atomic E-state index is 0.0880. The van der Waals surface area contributed by atoms with Gasteiger partial charge in [-0.15, -0.1) is 0 Å². The lowest BCUT2D eigenvalue weighted by atomic mass is 10.1. The first kappa shape index (κ1) is 19.0. The van der Waals surface area contributed by atoms with Gasteiger partial charge < -0.3 is 10.6 Å². The van der Waals surface area contributed by atoms with Gasteiger partial charge in [-0.25, -0.2) is 4.68 Å². The first-order chi connectivity index (χ1) is 13.3. The SMILES string of the molecule is CC1CC(CN)CN1C(=O)c1cnn(-c2cccc(C(F)(F)F)c2)c1C1CC1. The van der Waals surface area contributed by atoms with Crippen molar-refractivity contribution in [3.05, 3.63) is 47.3 Å². The van der Waals surface area contributed by atoms with Gasteiger partial charge in [-0.3, -0.25) is 4.79 Å². The molecule has 2 heterocycles. The Morgan fingerprint density at radius 2 is 2.07 bits per heavy atom. The first-order valence-electron chi connectivity index (χ1n) is 9.56. The van der Waals surface area contributed by atoms with Crippen LogP contribution in [0, 0.1) is 5.92 Å². The van der Waals surface area contributed by atoms with Crippen molar-refractivity contribution in [3.8, 4) is 5.69 Å². The van der Waals surface area contributed by atoms with Crippen LogP contribution in [0.2, 0.25) is 0 Å². The largest absolute Gasteiger partial charge is 0.416 e. The average Bonchev–Trinajstić information content (AvgIpc) is 3.29. The van der Waals surface area contributed by atoms with Gasteiger partial charge in [-0.2, -0.15) is 18.3 Å². The second-order valence-corrected chi connectivity index (χ2v) is 7.82. The highest BCUT2D eigenvalue weighted by molar-refractivity contribution is 5.96. The zero-order valence-corrected chi connectivity index (χ0v) is 15.6. The molecular weight excluding hydrogens is 369 g/mol. The van der Waals surface area contributed by atoms with Gasteiger partial charge >= 0.3 is 6.18 Å². The second kappa shape index (κ2) is 6.92. The van der Waals surface area contributed by atoms with Crippen LogP contribution in [0.15, 0.2) is 30.5 Å². The molecule has 8 heteroatoms. The summed E-state index contributed by atoms with van der Waals surface area (Å²) in [5.41, 5.74) is 6.57. The maximum absolute atomic E-state index is 13.2. The third-order valence-electron chi connectivity index (χ3n) is 5.67. The van der Waals surface area contributed by atoms with E-state index < -0.39 is 11.7 Å². The van der Waals surface area contributed by atoms with Crippen molar-refractivity contribution in [2.45, 2.75) is 44.3 Å². The van der Waals surface area contributed by atoms with E-state index in [0.717, 1.165) is 31.4 Å². The predicted octanol–water partition coefficient (Wildman–Crippen LogP) is 3.58. The predicted molar refractivity (Wildman–Crippen MR) is 98.2 cm³/mol. The van der Waals surface area contributed by atoms with E-state index in [1.807, 2.05) is 11.8 Å². The van der Waals surface area contributed by atoms with Gasteiger partial charge in [0.2, 0.25) is 0 Å². The molecule has 1 aliphatic carbocycles. The summed E-state index contributed by atoms with van der Waals surface area (Å²) in [4.78, 5) is 15.0. The van der Waals surface area contributed by atoms with Crippen LogP contribution in [0.1, 0.15) is 53.7 Å². The smallest absolute Gasteiger partial charge is 0.335 e. The van der Waals surface area contributed by atoms with E-state index in [1.165, 1.54) is 16.9 Å². The number of amides is 1. The van der Waals surface area contributed by atoms with Gasteiger partial charge in [0.25, 0.3) is 5.91 Å². The van der Waals surface area contributed by atoms with Crippen LogP contribution in [0.5, 0.6) is 0 Å². The van der Waals surface area contributed by atoms with Crippen molar-refractivity contribution >= 4 is 5.91 Å². The Morgan fingerprint density at radius 1 is 1.32 bits per heavy atom. The molecule has 2 unspecified atom stereocenters. The monoisotopic (exact) mass is 392 g/mol. The van der Waals surface area contributed by atoms with E-state index in [4.69, 9.17) is 5.73 Å². The molecule has 2 N–H and O–H groups in total. The van der Waals surface area contributed by atoms with Crippen LogP contribution in [-0.2, 0) is 6.18 Å². The minimum atomic E-state index is -4.43.